The van der Waals surface area contributed by atoms with Gasteiger partial charge >= 0.3 is 0 Å². The first-order chi connectivity index (χ1) is 8.56. The summed E-state index contributed by atoms with van der Waals surface area (Å²) in [4.78, 5) is 0. The molecule has 102 valence electrons. The normalized spacial score (nSPS) is 14.6. The van der Waals surface area contributed by atoms with Gasteiger partial charge in [0, 0.05) is 0 Å². The molecule has 18 heavy (non-hydrogen) atoms. The van der Waals surface area contributed by atoms with E-state index in [2.05, 4.69) is 45.9 Å². The van der Waals surface area contributed by atoms with Crippen molar-refractivity contribution in [1.82, 2.24) is 0 Å². The summed E-state index contributed by atoms with van der Waals surface area (Å²) in [5.41, 5.74) is 6.96. The Labute approximate surface area is 112 Å². The first kappa shape index (κ1) is 15.0. The predicted molar refractivity (Wildman–Crippen MR) is 78.0 cm³/mol. The predicted octanol–water partition coefficient (Wildman–Crippen LogP) is 3.81. The fraction of sp³-hybridized carbons (Fsp3) is 0.625. The highest BCUT2D eigenvalue weighted by Crippen LogP contribution is 2.33. The Kier molecular flexibility index (Phi) is 6.20. The van der Waals surface area contributed by atoms with Crippen molar-refractivity contribution < 1.29 is 4.74 Å². The smallest absolute Gasteiger partial charge is 0.122 e. The Morgan fingerprint density at radius 3 is 2.39 bits per heavy atom. The van der Waals surface area contributed by atoms with Gasteiger partial charge in [0.15, 0.2) is 0 Å². The second-order valence-electron chi connectivity index (χ2n) is 5.59. The van der Waals surface area contributed by atoms with Crippen molar-refractivity contribution in [2.24, 2.45) is 17.6 Å². The lowest BCUT2D eigenvalue weighted by Gasteiger charge is -2.22. The first-order valence-corrected chi connectivity index (χ1v) is 6.98. The number of hydrogen-bond donors (Lipinski definition) is 1. The van der Waals surface area contributed by atoms with Crippen molar-refractivity contribution in [2.75, 3.05) is 13.2 Å². The van der Waals surface area contributed by atoms with Gasteiger partial charge in [-0.2, -0.15) is 0 Å². The van der Waals surface area contributed by atoms with Crippen molar-refractivity contribution in [1.29, 1.82) is 0 Å². The number of para-hydroxylation sites is 1. The van der Waals surface area contributed by atoms with E-state index >= 15 is 0 Å². The van der Waals surface area contributed by atoms with Gasteiger partial charge in [0.25, 0.3) is 0 Å². The SMILES string of the molecule is CC(C)COc1ccccc1C(C)C(C)CCN. The number of hydrogen-bond acceptors (Lipinski definition) is 2. The van der Waals surface area contributed by atoms with Gasteiger partial charge in [-0.15, -0.1) is 0 Å². The van der Waals surface area contributed by atoms with Crippen molar-refractivity contribution in [3.8, 4) is 5.75 Å². The van der Waals surface area contributed by atoms with Gasteiger partial charge in [0.2, 0.25) is 0 Å². The molecular weight excluding hydrogens is 222 g/mol. The van der Waals surface area contributed by atoms with Crippen LogP contribution < -0.4 is 10.5 Å². The van der Waals surface area contributed by atoms with Gasteiger partial charge in [-0.25, -0.2) is 0 Å². The molecule has 0 aliphatic heterocycles. The van der Waals surface area contributed by atoms with E-state index in [4.69, 9.17) is 10.5 Å². The summed E-state index contributed by atoms with van der Waals surface area (Å²) in [5, 5.41) is 0. The fourth-order valence-corrected chi connectivity index (χ4v) is 2.06. The van der Waals surface area contributed by atoms with Gasteiger partial charge in [-0.3, -0.25) is 0 Å². The van der Waals surface area contributed by atoms with Crippen LogP contribution in [-0.2, 0) is 0 Å². The maximum absolute atomic E-state index is 5.92. The van der Waals surface area contributed by atoms with Crippen LogP contribution in [0.3, 0.4) is 0 Å². The third-order valence-electron chi connectivity index (χ3n) is 3.46. The second-order valence-corrected chi connectivity index (χ2v) is 5.59. The van der Waals surface area contributed by atoms with E-state index in [-0.39, 0.29) is 0 Å². The van der Waals surface area contributed by atoms with Crippen LogP contribution in [0.2, 0.25) is 0 Å². The average molecular weight is 249 g/mol. The minimum atomic E-state index is 0.483. The molecular formula is C16H27NO. The maximum Gasteiger partial charge on any atom is 0.122 e. The van der Waals surface area contributed by atoms with Crippen LogP contribution >= 0.6 is 0 Å². The van der Waals surface area contributed by atoms with Gasteiger partial charge in [-0.05, 0) is 42.3 Å². The molecule has 0 heterocycles. The lowest BCUT2D eigenvalue weighted by atomic mass is 9.86. The molecule has 0 radical (unpaired) electrons. The molecule has 0 aliphatic carbocycles. The minimum absolute atomic E-state index is 0.483. The molecule has 0 amide bonds. The summed E-state index contributed by atoms with van der Waals surface area (Å²) in [7, 11) is 0. The Hall–Kier alpha value is -1.02. The molecule has 0 saturated carbocycles. The Morgan fingerprint density at radius 1 is 1.11 bits per heavy atom. The molecule has 0 aromatic heterocycles. The van der Waals surface area contributed by atoms with Gasteiger partial charge in [0.05, 0.1) is 6.61 Å². The van der Waals surface area contributed by atoms with Gasteiger partial charge < -0.3 is 10.5 Å². The molecule has 0 saturated heterocycles. The van der Waals surface area contributed by atoms with Crippen LogP contribution in [0.15, 0.2) is 24.3 Å². The van der Waals surface area contributed by atoms with E-state index in [0.29, 0.717) is 17.8 Å². The van der Waals surface area contributed by atoms with E-state index in [1.54, 1.807) is 0 Å². The highest BCUT2D eigenvalue weighted by molar-refractivity contribution is 5.36. The molecule has 2 atom stereocenters. The maximum atomic E-state index is 5.92. The number of nitrogens with two attached hydrogens (primary N) is 1. The van der Waals surface area contributed by atoms with E-state index in [0.717, 1.165) is 25.3 Å². The molecule has 1 aromatic rings. The van der Waals surface area contributed by atoms with Crippen LogP contribution in [0.25, 0.3) is 0 Å². The molecule has 2 N–H and O–H groups in total. The monoisotopic (exact) mass is 249 g/mol. The molecule has 0 fully saturated rings. The topological polar surface area (TPSA) is 35.2 Å². The van der Waals surface area contributed by atoms with Gasteiger partial charge in [-0.1, -0.05) is 45.9 Å². The summed E-state index contributed by atoms with van der Waals surface area (Å²) in [5.74, 6) is 2.65. The summed E-state index contributed by atoms with van der Waals surface area (Å²) in [6.07, 6.45) is 1.06. The highest BCUT2D eigenvalue weighted by Gasteiger charge is 2.17. The van der Waals surface area contributed by atoms with Crippen molar-refractivity contribution in [3.63, 3.8) is 0 Å². The molecule has 0 aliphatic rings. The summed E-state index contributed by atoms with van der Waals surface area (Å²) in [6, 6.07) is 8.37. The van der Waals surface area contributed by atoms with Gasteiger partial charge in [0.1, 0.15) is 5.75 Å². The van der Waals surface area contributed by atoms with Crippen molar-refractivity contribution in [2.45, 2.75) is 40.0 Å². The van der Waals surface area contributed by atoms with Crippen LogP contribution in [0, 0.1) is 11.8 Å². The van der Waals surface area contributed by atoms with Crippen LogP contribution in [0.5, 0.6) is 5.75 Å². The Balaban J connectivity index is 2.80. The molecule has 2 unspecified atom stereocenters. The van der Waals surface area contributed by atoms with Crippen LogP contribution in [-0.4, -0.2) is 13.2 Å². The van der Waals surface area contributed by atoms with E-state index < -0.39 is 0 Å². The molecule has 0 spiro atoms. The van der Waals surface area contributed by atoms with E-state index in [1.807, 2.05) is 6.07 Å². The average Bonchev–Trinajstić information content (AvgIpc) is 2.36. The number of ether oxygens (including phenoxy) is 1. The first-order valence-electron chi connectivity index (χ1n) is 6.98. The van der Waals surface area contributed by atoms with E-state index in [1.165, 1.54) is 5.56 Å². The molecule has 2 nitrogen and oxygen atoms in total. The quantitative estimate of drug-likeness (QED) is 0.797. The number of rotatable bonds is 7. The van der Waals surface area contributed by atoms with Crippen LogP contribution in [0.4, 0.5) is 0 Å². The zero-order chi connectivity index (χ0) is 13.5. The zero-order valence-electron chi connectivity index (χ0n) is 12.1. The lowest BCUT2D eigenvalue weighted by molar-refractivity contribution is 0.265. The summed E-state index contributed by atoms with van der Waals surface area (Å²) in [6.45, 7) is 10.4. The van der Waals surface area contributed by atoms with Crippen molar-refractivity contribution in [3.05, 3.63) is 29.8 Å². The summed E-state index contributed by atoms with van der Waals surface area (Å²) >= 11 is 0. The standard InChI is InChI=1S/C16H27NO/c1-12(2)11-18-16-8-6-5-7-15(16)14(4)13(3)9-10-17/h5-8,12-14H,9-11,17H2,1-4H3. The fourth-order valence-electron chi connectivity index (χ4n) is 2.06. The molecule has 0 bridgehead atoms. The highest BCUT2D eigenvalue weighted by atomic mass is 16.5. The Bertz CT molecular complexity index is 349. The molecule has 1 aromatic carbocycles. The Morgan fingerprint density at radius 2 is 1.78 bits per heavy atom. The largest absolute Gasteiger partial charge is 0.493 e. The molecule has 2 heteroatoms. The lowest BCUT2D eigenvalue weighted by Crippen LogP contribution is -2.14. The van der Waals surface area contributed by atoms with Crippen molar-refractivity contribution >= 4 is 0 Å². The third kappa shape index (κ3) is 4.34. The zero-order valence-corrected chi connectivity index (χ0v) is 12.1. The molecule has 1 rings (SSSR count). The van der Waals surface area contributed by atoms with E-state index in [9.17, 15) is 0 Å². The number of benzene rings is 1. The van der Waals surface area contributed by atoms with Crippen LogP contribution in [0.1, 0.15) is 45.6 Å². The summed E-state index contributed by atoms with van der Waals surface area (Å²) < 4.78 is 5.92. The second kappa shape index (κ2) is 7.42. The third-order valence-corrected chi connectivity index (χ3v) is 3.46. The minimum Gasteiger partial charge on any atom is -0.493 e.